The fourth-order valence-electron chi connectivity index (χ4n) is 7.42. The number of anilines is 1. The lowest BCUT2D eigenvalue weighted by Crippen LogP contribution is -2.60. The zero-order valence-electron chi connectivity index (χ0n) is 25.9. The summed E-state index contributed by atoms with van der Waals surface area (Å²) in [6, 6.07) is 4.32. The summed E-state index contributed by atoms with van der Waals surface area (Å²) in [6.07, 6.45) is 7.60. The Morgan fingerprint density at radius 2 is 1.98 bits per heavy atom. The van der Waals surface area contributed by atoms with E-state index in [9.17, 15) is 19.5 Å². The second-order valence-corrected chi connectivity index (χ2v) is 12.6. The second kappa shape index (κ2) is 12.7. The predicted molar refractivity (Wildman–Crippen MR) is 163 cm³/mol. The number of allylic oxidation sites excluding steroid dienone is 1. The van der Waals surface area contributed by atoms with Crippen molar-refractivity contribution in [2.45, 2.75) is 96.4 Å². The standard InChI is InChI=1S/C34H48N2O6/c1-8-11-12-13-19-41-32(40)28-27-30(38)36(26(21-37)23(5)10-3)29(34(27)17-16-33(28,7)42-34)31(39)35(18-9-2)25-20-22(4)14-15-24(25)6/h8-9,14-15,20,23,26-29,37H,1-2,10-13,16-19,21H2,3-7H3/t23-,26-,27-,28-,29?,33+,34?/m0/s1. The highest BCUT2D eigenvalue weighted by atomic mass is 16.6. The Balaban J connectivity index is 1.80. The first-order valence-corrected chi connectivity index (χ1v) is 15.4. The molecule has 1 aromatic carbocycles. The van der Waals surface area contributed by atoms with Crippen LogP contribution >= 0.6 is 0 Å². The molecule has 2 bridgehead atoms. The van der Waals surface area contributed by atoms with Crippen molar-refractivity contribution in [2.75, 3.05) is 24.7 Å². The molecule has 3 heterocycles. The molecule has 3 saturated heterocycles. The molecule has 8 nitrogen and oxygen atoms in total. The first-order valence-electron chi connectivity index (χ1n) is 15.4. The number of aliphatic hydroxyl groups excluding tert-OH is 1. The van der Waals surface area contributed by atoms with Crippen LogP contribution in [-0.4, -0.2) is 70.8 Å². The Labute approximate surface area is 250 Å². The third-order valence-electron chi connectivity index (χ3n) is 9.83. The van der Waals surface area contributed by atoms with Crippen molar-refractivity contribution < 1.29 is 29.0 Å². The van der Waals surface area contributed by atoms with Gasteiger partial charge in [-0.1, -0.05) is 44.6 Å². The van der Waals surface area contributed by atoms with Gasteiger partial charge in [0.1, 0.15) is 17.6 Å². The van der Waals surface area contributed by atoms with Gasteiger partial charge in [0, 0.05) is 12.2 Å². The number of hydrogen-bond donors (Lipinski definition) is 1. The largest absolute Gasteiger partial charge is 0.465 e. The van der Waals surface area contributed by atoms with E-state index in [4.69, 9.17) is 9.47 Å². The van der Waals surface area contributed by atoms with E-state index in [1.165, 1.54) is 0 Å². The lowest BCUT2D eigenvalue weighted by molar-refractivity contribution is -0.161. The number of unbranched alkanes of at least 4 members (excludes halogenated alkanes) is 2. The average Bonchev–Trinajstić information content (AvgIpc) is 3.53. The number of esters is 1. The molecule has 230 valence electrons. The van der Waals surface area contributed by atoms with Crippen LogP contribution in [0.2, 0.25) is 0 Å². The fraction of sp³-hybridized carbons (Fsp3) is 0.618. The molecule has 1 spiro atoms. The molecule has 2 unspecified atom stereocenters. The monoisotopic (exact) mass is 580 g/mol. The van der Waals surface area contributed by atoms with E-state index in [1.807, 2.05) is 58.9 Å². The van der Waals surface area contributed by atoms with Crippen LogP contribution in [0.25, 0.3) is 0 Å². The highest BCUT2D eigenvalue weighted by Gasteiger charge is 2.79. The number of fused-ring (bicyclic) bond motifs is 1. The molecule has 3 aliphatic rings. The number of amides is 2. The van der Waals surface area contributed by atoms with Crippen molar-refractivity contribution in [1.29, 1.82) is 0 Å². The van der Waals surface area contributed by atoms with Crippen molar-refractivity contribution in [3.8, 4) is 0 Å². The number of likely N-dealkylation sites (tertiary alicyclic amines) is 1. The Morgan fingerprint density at radius 1 is 1.24 bits per heavy atom. The Hall–Kier alpha value is -2.97. The number of hydrogen-bond acceptors (Lipinski definition) is 6. The molecule has 7 atom stereocenters. The first-order chi connectivity index (χ1) is 20.0. The quantitative estimate of drug-likeness (QED) is 0.191. The summed E-state index contributed by atoms with van der Waals surface area (Å²) in [7, 11) is 0. The van der Waals surface area contributed by atoms with Crippen LogP contribution in [0.3, 0.4) is 0 Å². The summed E-state index contributed by atoms with van der Waals surface area (Å²) >= 11 is 0. The molecule has 1 aromatic rings. The third-order valence-corrected chi connectivity index (χ3v) is 9.83. The molecule has 8 heteroatoms. The van der Waals surface area contributed by atoms with E-state index in [-0.39, 0.29) is 37.5 Å². The molecule has 0 radical (unpaired) electrons. The molecule has 4 rings (SSSR count). The van der Waals surface area contributed by atoms with Gasteiger partial charge >= 0.3 is 5.97 Å². The molecule has 0 aromatic heterocycles. The van der Waals surface area contributed by atoms with E-state index < -0.39 is 41.1 Å². The highest BCUT2D eigenvalue weighted by Crippen LogP contribution is 2.64. The van der Waals surface area contributed by atoms with Crippen LogP contribution < -0.4 is 4.90 Å². The van der Waals surface area contributed by atoms with Gasteiger partial charge in [0.05, 0.1) is 30.8 Å². The predicted octanol–water partition coefficient (Wildman–Crippen LogP) is 4.89. The van der Waals surface area contributed by atoms with E-state index >= 15 is 0 Å². The minimum Gasteiger partial charge on any atom is -0.465 e. The van der Waals surface area contributed by atoms with Crippen LogP contribution in [0.15, 0.2) is 43.5 Å². The second-order valence-electron chi connectivity index (χ2n) is 12.6. The Morgan fingerprint density at radius 3 is 2.62 bits per heavy atom. The third kappa shape index (κ3) is 5.32. The first kappa shape index (κ1) is 32.0. The van der Waals surface area contributed by atoms with E-state index in [0.717, 1.165) is 29.7 Å². The molecule has 2 amide bonds. The lowest BCUT2D eigenvalue weighted by Gasteiger charge is -2.41. The van der Waals surface area contributed by atoms with Crippen molar-refractivity contribution >= 4 is 23.5 Å². The van der Waals surface area contributed by atoms with Crippen LogP contribution in [0, 0.1) is 31.6 Å². The Kier molecular flexibility index (Phi) is 9.68. The molecular weight excluding hydrogens is 532 g/mol. The number of rotatable bonds is 14. The maximum Gasteiger partial charge on any atom is 0.312 e. The molecule has 42 heavy (non-hydrogen) atoms. The fourth-order valence-corrected chi connectivity index (χ4v) is 7.42. The van der Waals surface area contributed by atoms with Gasteiger partial charge in [-0.3, -0.25) is 14.4 Å². The van der Waals surface area contributed by atoms with Gasteiger partial charge < -0.3 is 24.4 Å². The maximum atomic E-state index is 14.9. The van der Waals surface area contributed by atoms with Crippen molar-refractivity contribution in [1.82, 2.24) is 4.90 Å². The maximum absolute atomic E-state index is 14.9. The number of ether oxygens (including phenoxy) is 2. The van der Waals surface area contributed by atoms with Gasteiger partial charge in [0.25, 0.3) is 5.91 Å². The van der Waals surface area contributed by atoms with Gasteiger partial charge in [-0.25, -0.2) is 0 Å². The summed E-state index contributed by atoms with van der Waals surface area (Å²) in [5.74, 6) is -2.84. The molecule has 3 aliphatic heterocycles. The van der Waals surface area contributed by atoms with E-state index in [1.54, 1.807) is 15.9 Å². The zero-order chi connectivity index (χ0) is 30.8. The Bertz CT molecular complexity index is 1210. The molecular formula is C34H48N2O6. The molecule has 0 aliphatic carbocycles. The number of aryl methyl sites for hydroxylation is 2. The highest BCUT2D eigenvalue weighted by molar-refractivity contribution is 6.05. The molecule has 1 N–H and O–H groups in total. The van der Waals surface area contributed by atoms with Crippen molar-refractivity contribution in [2.24, 2.45) is 17.8 Å². The topological polar surface area (TPSA) is 96.4 Å². The number of nitrogens with zero attached hydrogens (tertiary/aromatic N) is 2. The van der Waals surface area contributed by atoms with Gasteiger partial charge in [-0.15, -0.1) is 13.2 Å². The number of benzene rings is 1. The summed E-state index contributed by atoms with van der Waals surface area (Å²) in [5, 5.41) is 10.6. The van der Waals surface area contributed by atoms with E-state index in [2.05, 4.69) is 13.2 Å². The summed E-state index contributed by atoms with van der Waals surface area (Å²) in [4.78, 5) is 46.3. The molecule has 3 fully saturated rings. The minimum atomic E-state index is -1.20. The van der Waals surface area contributed by atoms with Gasteiger partial charge in [-0.2, -0.15) is 0 Å². The minimum absolute atomic E-state index is 0.0823. The summed E-state index contributed by atoms with van der Waals surface area (Å²) < 4.78 is 12.5. The normalized spacial score (nSPS) is 29.2. The number of carbonyl (C=O) groups excluding carboxylic acids is 3. The van der Waals surface area contributed by atoms with Crippen LogP contribution in [0.5, 0.6) is 0 Å². The lowest BCUT2D eigenvalue weighted by atomic mass is 9.66. The van der Waals surface area contributed by atoms with Crippen molar-refractivity contribution in [3.63, 3.8) is 0 Å². The van der Waals surface area contributed by atoms with Gasteiger partial charge in [0.15, 0.2) is 0 Å². The zero-order valence-corrected chi connectivity index (χ0v) is 25.9. The molecule has 0 saturated carbocycles. The van der Waals surface area contributed by atoms with Crippen LogP contribution in [-0.2, 0) is 23.9 Å². The van der Waals surface area contributed by atoms with Crippen LogP contribution in [0.4, 0.5) is 5.69 Å². The van der Waals surface area contributed by atoms with Crippen LogP contribution in [0.1, 0.15) is 70.4 Å². The van der Waals surface area contributed by atoms with Gasteiger partial charge in [-0.05, 0) is 76.0 Å². The smallest absolute Gasteiger partial charge is 0.312 e. The van der Waals surface area contributed by atoms with Crippen molar-refractivity contribution in [3.05, 3.63) is 54.6 Å². The summed E-state index contributed by atoms with van der Waals surface area (Å²) in [6.45, 7) is 17.6. The van der Waals surface area contributed by atoms with E-state index in [0.29, 0.717) is 25.7 Å². The summed E-state index contributed by atoms with van der Waals surface area (Å²) in [5.41, 5.74) is 0.542. The SMILES string of the molecule is C=CCCCCOC(=O)[C@@H]1[C@H]2C(=O)N([C@@H](CO)[C@@H](C)CC)C(C(=O)N(CC=C)c3cc(C)ccc3C)C23CC[C@@]1(C)O3. The van der Waals surface area contributed by atoms with Gasteiger partial charge in [0.2, 0.25) is 5.91 Å². The number of aliphatic hydroxyl groups is 1. The average molecular weight is 581 g/mol. The number of carbonyl (C=O) groups is 3.